The topological polar surface area (TPSA) is 58.3 Å². The lowest BCUT2D eigenvalue weighted by Gasteiger charge is -2.23. The second-order valence-electron chi connectivity index (χ2n) is 3.99. The van der Waals surface area contributed by atoms with E-state index >= 15 is 0 Å². The molecule has 0 aliphatic carbocycles. The zero-order valence-corrected chi connectivity index (χ0v) is 9.59. The summed E-state index contributed by atoms with van der Waals surface area (Å²) in [6.45, 7) is 6.36. The van der Waals surface area contributed by atoms with Crippen LogP contribution in [0.1, 0.15) is 27.2 Å². The highest BCUT2D eigenvalue weighted by molar-refractivity contribution is 7.80. The van der Waals surface area contributed by atoms with Crippen molar-refractivity contribution in [1.82, 2.24) is 5.32 Å². The predicted octanol–water partition coefficient (Wildman–Crippen LogP) is 0.586. The van der Waals surface area contributed by atoms with E-state index in [4.69, 9.17) is 5.73 Å². The Labute approximate surface area is 86.5 Å². The molecule has 0 fully saturated rings. The highest BCUT2D eigenvalue weighted by Gasteiger charge is 2.15. The average molecular weight is 206 g/mol. The summed E-state index contributed by atoms with van der Waals surface area (Å²) in [5.41, 5.74) is 5.61. The van der Waals surface area contributed by atoms with Crippen molar-refractivity contribution in [3.63, 3.8) is 0 Å². The minimum absolute atomic E-state index is 0.293. The normalized spacial score (nSPS) is 18.7. The van der Waals surface area contributed by atoms with Gasteiger partial charge in [-0.1, -0.05) is 13.8 Å². The van der Waals surface area contributed by atoms with Crippen molar-refractivity contribution in [1.29, 1.82) is 0 Å². The Morgan fingerprint density at radius 2 is 1.92 bits per heavy atom. The summed E-state index contributed by atoms with van der Waals surface area (Å²) in [6.07, 6.45) is 0.391. The van der Waals surface area contributed by atoms with Gasteiger partial charge < -0.3 is 10.8 Å². The summed E-state index contributed by atoms with van der Waals surface area (Å²) in [5.74, 6) is 1.12. The van der Waals surface area contributed by atoms with Gasteiger partial charge in [-0.25, -0.2) is 0 Å². The molecule has 0 aromatic rings. The van der Waals surface area contributed by atoms with Gasteiger partial charge in [-0.2, -0.15) is 12.6 Å². The van der Waals surface area contributed by atoms with Crippen LogP contribution in [0.25, 0.3) is 0 Å². The highest BCUT2D eigenvalue weighted by atomic mass is 32.1. The van der Waals surface area contributed by atoms with E-state index in [9.17, 15) is 5.11 Å². The Morgan fingerprint density at radius 1 is 1.38 bits per heavy atom. The predicted molar refractivity (Wildman–Crippen MR) is 59.9 cm³/mol. The molecule has 4 heteroatoms. The maximum absolute atomic E-state index is 9.52. The Balaban J connectivity index is 3.70. The van der Waals surface area contributed by atoms with Gasteiger partial charge in [0.25, 0.3) is 0 Å². The molecule has 0 aliphatic rings. The summed E-state index contributed by atoms with van der Waals surface area (Å²) in [7, 11) is 0. The maximum Gasteiger partial charge on any atom is 0.121 e. The van der Waals surface area contributed by atoms with Crippen LogP contribution in [0, 0.1) is 5.92 Å². The van der Waals surface area contributed by atoms with E-state index in [0.29, 0.717) is 17.7 Å². The van der Waals surface area contributed by atoms with Gasteiger partial charge in [0.15, 0.2) is 0 Å². The molecule has 13 heavy (non-hydrogen) atoms. The average Bonchev–Trinajstić information content (AvgIpc) is 2.01. The second-order valence-corrected chi connectivity index (χ2v) is 4.35. The standard InChI is InChI=1S/C9H22N2OS/c1-6(2)4-7(3)11-9(12)8(10)5-13/h6-9,11-13H,4-5,10H2,1-3H3. The lowest BCUT2D eigenvalue weighted by Crippen LogP contribution is -2.49. The minimum Gasteiger partial charge on any atom is -0.377 e. The van der Waals surface area contributed by atoms with Crippen LogP contribution in [0.3, 0.4) is 0 Å². The lowest BCUT2D eigenvalue weighted by atomic mass is 10.0. The molecule has 3 unspecified atom stereocenters. The molecule has 0 amide bonds. The lowest BCUT2D eigenvalue weighted by molar-refractivity contribution is 0.101. The first-order chi connectivity index (χ1) is 5.97. The number of hydrogen-bond donors (Lipinski definition) is 4. The van der Waals surface area contributed by atoms with E-state index in [-0.39, 0.29) is 6.04 Å². The molecular formula is C9H22N2OS. The van der Waals surface area contributed by atoms with Crippen LogP contribution in [-0.2, 0) is 0 Å². The monoisotopic (exact) mass is 206 g/mol. The third-order valence-electron chi connectivity index (χ3n) is 1.90. The van der Waals surface area contributed by atoms with E-state index in [1.165, 1.54) is 0 Å². The molecule has 4 N–H and O–H groups in total. The second kappa shape index (κ2) is 6.65. The van der Waals surface area contributed by atoms with Crippen molar-refractivity contribution in [2.75, 3.05) is 5.75 Å². The molecule has 0 heterocycles. The molecule has 0 aromatic heterocycles. The van der Waals surface area contributed by atoms with Crippen molar-refractivity contribution in [2.24, 2.45) is 11.7 Å². The van der Waals surface area contributed by atoms with Gasteiger partial charge in [-0.15, -0.1) is 0 Å². The van der Waals surface area contributed by atoms with Crippen molar-refractivity contribution in [3.8, 4) is 0 Å². The Bertz CT molecular complexity index is 133. The molecule has 0 bridgehead atoms. The van der Waals surface area contributed by atoms with Crippen LogP contribution >= 0.6 is 12.6 Å². The van der Waals surface area contributed by atoms with Crippen molar-refractivity contribution in [3.05, 3.63) is 0 Å². The Kier molecular flexibility index (Phi) is 6.77. The van der Waals surface area contributed by atoms with Crippen LogP contribution in [0.15, 0.2) is 0 Å². The van der Waals surface area contributed by atoms with Gasteiger partial charge in [0.05, 0.1) is 6.04 Å². The molecule has 0 aromatic carbocycles. The minimum atomic E-state index is -0.647. The van der Waals surface area contributed by atoms with Gasteiger partial charge in [0.1, 0.15) is 6.23 Å². The smallest absolute Gasteiger partial charge is 0.121 e. The summed E-state index contributed by atoms with van der Waals surface area (Å²) >= 11 is 4.02. The van der Waals surface area contributed by atoms with Gasteiger partial charge >= 0.3 is 0 Å². The maximum atomic E-state index is 9.52. The summed E-state index contributed by atoms with van der Waals surface area (Å²) in [4.78, 5) is 0. The first-order valence-corrected chi connectivity index (χ1v) is 5.41. The Hall–Kier alpha value is 0.230. The van der Waals surface area contributed by atoms with E-state index in [1.54, 1.807) is 0 Å². The Morgan fingerprint density at radius 3 is 2.31 bits per heavy atom. The van der Waals surface area contributed by atoms with E-state index in [1.807, 2.05) is 0 Å². The molecule has 0 radical (unpaired) electrons. The van der Waals surface area contributed by atoms with E-state index in [2.05, 4.69) is 38.7 Å². The molecule has 0 saturated heterocycles. The number of aliphatic hydroxyl groups excluding tert-OH is 1. The van der Waals surface area contributed by atoms with Gasteiger partial charge in [0, 0.05) is 11.8 Å². The zero-order valence-electron chi connectivity index (χ0n) is 8.70. The summed E-state index contributed by atoms with van der Waals surface area (Å²) in [5, 5.41) is 12.6. The van der Waals surface area contributed by atoms with Crippen molar-refractivity contribution < 1.29 is 5.11 Å². The number of aliphatic hydroxyl groups is 1. The third-order valence-corrected chi connectivity index (χ3v) is 2.32. The third kappa shape index (κ3) is 6.32. The van der Waals surface area contributed by atoms with Crippen LogP contribution in [0.2, 0.25) is 0 Å². The quantitative estimate of drug-likeness (QED) is 0.380. The molecule has 0 aliphatic heterocycles. The number of rotatable bonds is 6. The largest absolute Gasteiger partial charge is 0.377 e. The summed E-state index contributed by atoms with van der Waals surface area (Å²) < 4.78 is 0. The highest BCUT2D eigenvalue weighted by Crippen LogP contribution is 2.04. The number of hydrogen-bond acceptors (Lipinski definition) is 4. The molecule has 3 nitrogen and oxygen atoms in total. The molecule has 0 spiro atoms. The first kappa shape index (κ1) is 13.2. The fraction of sp³-hybridized carbons (Fsp3) is 1.00. The SMILES string of the molecule is CC(C)CC(C)NC(O)C(N)CS. The fourth-order valence-electron chi connectivity index (χ4n) is 1.29. The van der Waals surface area contributed by atoms with Crippen molar-refractivity contribution in [2.45, 2.75) is 45.5 Å². The van der Waals surface area contributed by atoms with Crippen LogP contribution < -0.4 is 11.1 Å². The van der Waals surface area contributed by atoms with Crippen LogP contribution in [0.4, 0.5) is 0 Å². The van der Waals surface area contributed by atoms with Gasteiger partial charge in [-0.05, 0) is 19.3 Å². The molecule has 3 atom stereocenters. The molecule has 0 rings (SSSR count). The molecule has 0 saturated carbocycles. The summed E-state index contributed by atoms with van der Waals surface area (Å²) in [6, 6.07) is -0.00104. The number of thiol groups is 1. The van der Waals surface area contributed by atoms with E-state index < -0.39 is 6.23 Å². The molecular weight excluding hydrogens is 184 g/mol. The fourth-order valence-corrected chi connectivity index (χ4v) is 1.49. The van der Waals surface area contributed by atoms with E-state index in [0.717, 1.165) is 6.42 Å². The van der Waals surface area contributed by atoms with Crippen molar-refractivity contribution >= 4 is 12.6 Å². The first-order valence-electron chi connectivity index (χ1n) is 4.78. The van der Waals surface area contributed by atoms with Gasteiger partial charge in [-0.3, -0.25) is 5.32 Å². The number of nitrogens with two attached hydrogens (primary N) is 1. The number of nitrogens with one attached hydrogen (secondary N) is 1. The van der Waals surface area contributed by atoms with Crippen LogP contribution in [0.5, 0.6) is 0 Å². The van der Waals surface area contributed by atoms with Gasteiger partial charge in [0.2, 0.25) is 0 Å². The zero-order chi connectivity index (χ0) is 10.4. The molecule has 80 valence electrons. The van der Waals surface area contributed by atoms with Crippen LogP contribution in [-0.4, -0.2) is 29.2 Å².